The van der Waals surface area contributed by atoms with E-state index < -0.39 is 0 Å². The molecule has 0 atom stereocenters. The molecule has 1 aromatic carbocycles. The molecular formula is C14H10O. The third kappa shape index (κ3) is 2.45. The Morgan fingerprint density at radius 1 is 1.27 bits per heavy atom. The minimum Gasteiger partial charge on any atom is -0.298 e. The van der Waals surface area contributed by atoms with Crippen LogP contribution in [0.25, 0.3) is 0 Å². The second-order valence-corrected chi connectivity index (χ2v) is 3.32. The first kappa shape index (κ1) is 9.48. The lowest BCUT2D eigenvalue weighted by molar-refractivity contribution is 0.112. The summed E-state index contributed by atoms with van der Waals surface area (Å²) in [5.74, 6) is 6.13. The Morgan fingerprint density at radius 2 is 2.20 bits per heavy atom. The largest absolute Gasteiger partial charge is 0.298 e. The molecule has 1 aliphatic carbocycles. The van der Waals surface area contributed by atoms with Crippen molar-refractivity contribution in [2.75, 3.05) is 0 Å². The lowest BCUT2D eigenvalue weighted by Gasteiger charge is -1.91. The highest BCUT2D eigenvalue weighted by molar-refractivity contribution is 5.75. The summed E-state index contributed by atoms with van der Waals surface area (Å²) < 4.78 is 0. The molecule has 2 rings (SSSR count). The molecule has 1 aliphatic rings. The molecule has 1 nitrogen and oxygen atoms in total. The van der Waals surface area contributed by atoms with Crippen molar-refractivity contribution in [1.29, 1.82) is 0 Å². The average molecular weight is 194 g/mol. The number of carbonyl (C=O) groups is 1. The molecule has 72 valence electrons. The van der Waals surface area contributed by atoms with Gasteiger partial charge in [-0.2, -0.15) is 0 Å². The van der Waals surface area contributed by atoms with Crippen LogP contribution in [-0.2, 0) is 0 Å². The molecule has 0 radical (unpaired) electrons. The minimum absolute atomic E-state index is 0.667. The molecular weight excluding hydrogens is 184 g/mol. The zero-order valence-electron chi connectivity index (χ0n) is 8.23. The first-order chi connectivity index (χ1) is 7.38. The molecule has 0 saturated carbocycles. The van der Waals surface area contributed by atoms with Crippen LogP contribution in [0.3, 0.4) is 0 Å². The van der Waals surface area contributed by atoms with Crippen LogP contribution in [0, 0.1) is 11.8 Å². The number of hydrogen-bond acceptors (Lipinski definition) is 1. The van der Waals surface area contributed by atoms with Gasteiger partial charge in [0, 0.05) is 16.7 Å². The minimum atomic E-state index is 0.667. The first-order valence-electron chi connectivity index (χ1n) is 4.81. The van der Waals surface area contributed by atoms with E-state index in [9.17, 15) is 4.79 Å². The van der Waals surface area contributed by atoms with Crippen molar-refractivity contribution < 1.29 is 4.79 Å². The van der Waals surface area contributed by atoms with Crippen LogP contribution in [0.5, 0.6) is 0 Å². The number of rotatable bonds is 1. The molecule has 0 amide bonds. The van der Waals surface area contributed by atoms with Crippen molar-refractivity contribution in [2.24, 2.45) is 0 Å². The summed E-state index contributed by atoms with van der Waals surface area (Å²) in [7, 11) is 0. The van der Waals surface area contributed by atoms with Gasteiger partial charge in [0.25, 0.3) is 0 Å². The predicted molar refractivity (Wildman–Crippen MR) is 60.5 cm³/mol. The Bertz CT molecular complexity index is 496. The van der Waals surface area contributed by atoms with E-state index in [1.54, 1.807) is 12.1 Å². The van der Waals surface area contributed by atoms with Crippen molar-refractivity contribution in [3.05, 3.63) is 59.2 Å². The van der Waals surface area contributed by atoms with Crippen molar-refractivity contribution in [3.8, 4) is 11.8 Å². The lowest BCUT2D eigenvalue weighted by atomic mass is 10.1. The lowest BCUT2D eigenvalue weighted by Crippen LogP contribution is -1.81. The van der Waals surface area contributed by atoms with Gasteiger partial charge in [-0.15, -0.1) is 0 Å². The molecule has 0 aromatic heterocycles. The van der Waals surface area contributed by atoms with Crippen LogP contribution < -0.4 is 0 Å². The Kier molecular flexibility index (Phi) is 2.80. The van der Waals surface area contributed by atoms with E-state index in [0.29, 0.717) is 5.56 Å². The topological polar surface area (TPSA) is 17.1 Å². The van der Waals surface area contributed by atoms with E-state index in [1.807, 2.05) is 24.3 Å². The van der Waals surface area contributed by atoms with E-state index in [-0.39, 0.29) is 0 Å². The fraction of sp³-hybridized carbons (Fsp3) is 0.0714. The fourth-order valence-electron chi connectivity index (χ4n) is 1.38. The summed E-state index contributed by atoms with van der Waals surface area (Å²) >= 11 is 0. The summed E-state index contributed by atoms with van der Waals surface area (Å²) in [5.41, 5.74) is 2.67. The molecule has 0 heterocycles. The Morgan fingerprint density at radius 3 is 2.93 bits per heavy atom. The van der Waals surface area contributed by atoms with E-state index in [4.69, 9.17) is 0 Å². The normalized spacial score (nSPS) is 12.9. The van der Waals surface area contributed by atoms with Gasteiger partial charge >= 0.3 is 0 Å². The monoisotopic (exact) mass is 194 g/mol. The maximum atomic E-state index is 10.5. The van der Waals surface area contributed by atoms with Gasteiger partial charge in [0.1, 0.15) is 6.29 Å². The summed E-state index contributed by atoms with van der Waals surface area (Å²) in [4.78, 5) is 10.5. The summed E-state index contributed by atoms with van der Waals surface area (Å²) in [6.07, 6.45) is 7.84. The van der Waals surface area contributed by atoms with Gasteiger partial charge in [-0.25, -0.2) is 0 Å². The van der Waals surface area contributed by atoms with Gasteiger partial charge in [-0.05, 0) is 18.6 Å². The van der Waals surface area contributed by atoms with Gasteiger partial charge in [0.2, 0.25) is 0 Å². The summed E-state index contributed by atoms with van der Waals surface area (Å²) in [6, 6.07) is 7.31. The van der Waals surface area contributed by atoms with Crippen LogP contribution in [0.2, 0.25) is 0 Å². The van der Waals surface area contributed by atoms with Gasteiger partial charge in [0.15, 0.2) is 0 Å². The highest BCUT2D eigenvalue weighted by atomic mass is 16.1. The second kappa shape index (κ2) is 4.43. The number of benzene rings is 1. The maximum Gasteiger partial charge on any atom is 0.150 e. The molecule has 0 saturated heterocycles. The average Bonchev–Trinajstić information content (AvgIpc) is 2.79. The molecule has 15 heavy (non-hydrogen) atoms. The van der Waals surface area contributed by atoms with E-state index >= 15 is 0 Å². The number of hydrogen-bond donors (Lipinski definition) is 0. The van der Waals surface area contributed by atoms with Crippen LogP contribution in [-0.4, -0.2) is 6.29 Å². The maximum absolute atomic E-state index is 10.5. The predicted octanol–water partition coefficient (Wildman–Crippen LogP) is 2.74. The molecule has 0 N–H and O–H groups in total. The van der Waals surface area contributed by atoms with E-state index in [1.165, 1.54) is 0 Å². The zero-order chi connectivity index (χ0) is 10.5. The SMILES string of the molecule is O=Cc1cccc(C#CC2=CC=CC2)c1. The first-order valence-corrected chi connectivity index (χ1v) is 4.81. The van der Waals surface area contributed by atoms with Crippen molar-refractivity contribution in [1.82, 2.24) is 0 Å². The molecule has 1 aromatic rings. The van der Waals surface area contributed by atoms with Gasteiger partial charge in [-0.1, -0.05) is 42.2 Å². The van der Waals surface area contributed by atoms with Crippen LogP contribution >= 0.6 is 0 Å². The zero-order valence-corrected chi connectivity index (χ0v) is 8.23. The fourth-order valence-corrected chi connectivity index (χ4v) is 1.38. The second-order valence-electron chi connectivity index (χ2n) is 3.32. The van der Waals surface area contributed by atoms with Crippen LogP contribution in [0.1, 0.15) is 22.3 Å². The molecule has 0 aliphatic heterocycles. The molecule has 0 unspecified atom stereocenters. The standard InChI is InChI=1S/C14H10O/c15-11-14-7-3-6-13(10-14)9-8-12-4-1-2-5-12/h1-4,6-7,10-11H,5H2. The summed E-state index contributed by atoms with van der Waals surface area (Å²) in [6.45, 7) is 0. The Hall–Kier alpha value is -2.07. The third-order valence-corrected chi connectivity index (χ3v) is 2.16. The van der Waals surface area contributed by atoms with Crippen molar-refractivity contribution >= 4 is 6.29 Å². The molecule has 1 heteroatoms. The molecule has 0 bridgehead atoms. The smallest absolute Gasteiger partial charge is 0.150 e. The number of allylic oxidation sites excluding steroid dienone is 4. The molecule has 0 fully saturated rings. The molecule has 0 spiro atoms. The van der Waals surface area contributed by atoms with Gasteiger partial charge in [-0.3, -0.25) is 4.79 Å². The van der Waals surface area contributed by atoms with Crippen molar-refractivity contribution in [3.63, 3.8) is 0 Å². The summed E-state index contributed by atoms with van der Waals surface area (Å²) in [5, 5.41) is 0. The van der Waals surface area contributed by atoms with E-state index in [0.717, 1.165) is 23.8 Å². The van der Waals surface area contributed by atoms with E-state index in [2.05, 4.69) is 17.9 Å². The van der Waals surface area contributed by atoms with Crippen LogP contribution in [0.15, 0.2) is 48.1 Å². The van der Waals surface area contributed by atoms with Gasteiger partial charge < -0.3 is 0 Å². The van der Waals surface area contributed by atoms with Crippen molar-refractivity contribution in [2.45, 2.75) is 6.42 Å². The number of carbonyl (C=O) groups excluding carboxylic acids is 1. The Labute approximate surface area is 89.1 Å². The highest BCUT2D eigenvalue weighted by Gasteiger charge is 1.94. The van der Waals surface area contributed by atoms with Crippen LogP contribution in [0.4, 0.5) is 0 Å². The Balaban J connectivity index is 2.19. The highest BCUT2D eigenvalue weighted by Crippen LogP contribution is 2.09. The van der Waals surface area contributed by atoms with Gasteiger partial charge in [0.05, 0.1) is 0 Å². The number of aldehydes is 1. The third-order valence-electron chi connectivity index (χ3n) is 2.16. The quantitative estimate of drug-likeness (QED) is 0.496.